The Morgan fingerprint density at radius 3 is 2.33 bits per heavy atom. The van der Waals surface area contributed by atoms with Crippen LogP contribution in [0.1, 0.15) is 44.3 Å². The number of Topliss-reactive ketones (excluding diaryl/α,β-unsaturated/α-hetero) is 1. The van der Waals surface area contributed by atoms with Crippen molar-refractivity contribution >= 4 is 35.0 Å². The monoisotopic (exact) mass is 361 g/mol. The third-order valence-electron chi connectivity index (χ3n) is 3.64. The van der Waals surface area contributed by atoms with Crippen LogP contribution in [0.5, 0.6) is 5.75 Å². The number of halogens is 2. The van der Waals surface area contributed by atoms with Gasteiger partial charge in [-0.1, -0.05) is 23.2 Å². The Morgan fingerprint density at radius 2 is 1.79 bits per heavy atom. The lowest BCUT2D eigenvalue weighted by molar-refractivity contribution is 0.0732. The second-order valence-corrected chi connectivity index (χ2v) is 6.10. The molecule has 2 aromatic carbocycles. The van der Waals surface area contributed by atoms with Gasteiger partial charge in [-0.25, -0.2) is 4.79 Å². The molecule has 0 unspecified atom stereocenters. The van der Waals surface area contributed by atoms with Crippen LogP contribution in [0.25, 0.3) is 0 Å². The van der Waals surface area contributed by atoms with Crippen LogP contribution in [-0.4, -0.2) is 11.8 Å². The van der Waals surface area contributed by atoms with Crippen molar-refractivity contribution in [2.24, 2.45) is 0 Å². The molecule has 2 rings (SSSR count). The van der Waals surface area contributed by atoms with Crippen LogP contribution >= 0.6 is 23.2 Å². The number of ketones is 1. The number of hydrogen-bond donors (Lipinski definition) is 0. The Kier molecular flexibility index (Phi) is 5.28. The number of carbonyl (C=O) groups excluding carboxylic acids is 2. The highest BCUT2D eigenvalue weighted by Crippen LogP contribution is 2.31. The fraction of sp³-hybridized carbons (Fsp3) is 0.167. The maximum atomic E-state index is 12.4. The smallest absolute Gasteiger partial charge is 0.345 e. The molecule has 0 bridgehead atoms. The summed E-state index contributed by atoms with van der Waals surface area (Å²) in [5.74, 6) is -1.12. The van der Waals surface area contributed by atoms with E-state index in [9.17, 15) is 14.9 Å². The SMILES string of the molecule is CC(=O)c1cc(C)c(C)c(C#N)c1OC(=O)c1ccc(Cl)cc1Cl. The molecule has 122 valence electrons. The topological polar surface area (TPSA) is 67.2 Å². The van der Waals surface area contributed by atoms with Crippen LogP contribution in [0.4, 0.5) is 0 Å². The van der Waals surface area contributed by atoms with Crippen molar-refractivity contribution < 1.29 is 14.3 Å². The molecule has 0 heterocycles. The van der Waals surface area contributed by atoms with E-state index in [4.69, 9.17) is 27.9 Å². The molecule has 0 saturated carbocycles. The number of nitriles is 1. The summed E-state index contributed by atoms with van der Waals surface area (Å²) in [6.45, 7) is 4.85. The summed E-state index contributed by atoms with van der Waals surface area (Å²) in [7, 11) is 0. The molecule has 0 aliphatic rings. The Hall–Kier alpha value is -2.35. The lowest BCUT2D eigenvalue weighted by Crippen LogP contribution is -2.14. The maximum Gasteiger partial charge on any atom is 0.345 e. The Bertz CT molecular complexity index is 898. The minimum absolute atomic E-state index is 0.0517. The van der Waals surface area contributed by atoms with E-state index in [1.165, 1.54) is 25.1 Å². The zero-order chi connectivity index (χ0) is 18.0. The quantitative estimate of drug-likeness (QED) is 0.442. The highest BCUT2D eigenvalue weighted by atomic mass is 35.5. The van der Waals surface area contributed by atoms with Crippen LogP contribution in [0.15, 0.2) is 24.3 Å². The molecule has 0 aromatic heterocycles. The third kappa shape index (κ3) is 3.43. The minimum Gasteiger partial charge on any atom is -0.421 e. The van der Waals surface area contributed by atoms with Crippen molar-refractivity contribution in [3.8, 4) is 11.8 Å². The highest BCUT2D eigenvalue weighted by molar-refractivity contribution is 6.36. The van der Waals surface area contributed by atoms with Gasteiger partial charge >= 0.3 is 5.97 Å². The number of nitrogens with zero attached hydrogens (tertiary/aromatic N) is 1. The van der Waals surface area contributed by atoms with Gasteiger partial charge in [-0.15, -0.1) is 0 Å². The number of carbonyl (C=O) groups is 2. The molecule has 6 heteroatoms. The van der Waals surface area contributed by atoms with Crippen LogP contribution in [0.2, 0.25) is 10.0 Å². The molecule has 0 saturated heterocycles. The lowest BCUT2D eigenvalue weighted by Gasteiger charge is -2.14. The van der Waals surface area contributed by atoms with Gasteiger partial charge in [0.25, 0.3) is 0 Å². The van der Waals surface area contributed by atoms with Gasteiger partial charge in [0.2, 0.25) is 0 Å². The van der Waals surface area contributed by atoms with E-state index in [1.807, 2.05) is 6.07 Å². The summed E-state index contributed by atoms with van der Waals surface area (Å²) in [6.07, 6.45) is 0. The summed E-state index contributed by atoms with van der Waals surface area (Å²) in [5.41, 5.74) is 1.83. The summed E-state index contributed by atoms with van der Waals surface area (Å²) in [4.78, 5) is 24.3. The van der Waals surface area contributed by atoms with Crippen molar-refractivity contribution in [3.63, 3.8) is 0 Å². The number of rotatable bonds is 3. The lowest BCUT2D eigenvalue weighted by atomic mass is 9.97. The van der Waals surface area contributed by atoms with E-state index in [2.05, 4.69) is 0 Å². The van der Waals surface area contributed by atoms with Gasteiger partial charge in [0.15, 0.2) is 11.5 Å². The van der Waals surface area contributed by atoms with E-state index < -0.39 is 5.97 Å². The fourth-order valence-corrected chi connectivity index (χ4v) is 2.68. The van der Waals surface area contributed by atoms with Crippen LogP contribution in [0.3, 0.4) is 0 Å². The summed E-state index contributed by atoms with van der Waals surface area (Å²) >= 11 is 11.8. The van der Waals surface area contributed by atoms with Gasteiger partial charge in [-0.05, 0) is 56.2 Å². The third-order valence-corrected chi connectivity index (χ3v) is 4.18. The molecule has 0 aliphatic carbocycles. The Balaban J connectivity index is 2.56. The van der Waals surface area contributed by atoms with E-state index in [0.29, 0.717) is 10.6 Å². The van der Waals surface area contributed by atoms with Gasteiger partial charge in [-0.2, -0.15) is 5.26 Å². The number of hydrogen-bond acceptors (Lipinski definition) is 4. The molecule has 4 nitrogen and oxygen atoms in total. The molecule has 0 atom stereocenters. The molecule has 0 radical (unpaired) electrons. The average molecular weight is 362 g/mol. The Labute approximate surface area is 149 Å². The van der Waals surface area contributed by atoms with Gasteiger partial charge in [-0.3, -0.25) is 4.79 Å². The standard InChI is InChI=1S/C18H13Cl2NO3/c1-9-6-14(11(3)22)17(15(8-21)10(9)2)24-18(23)13-5-4-12(19)7-16(13)20/h4-7H,1-3H3. The average Bonchev–Trinajstić information content (AvgIpc) is 2.50. The number of ether oxygens (including phenoxy) is 1. The first kappa shape index (κ1) is 18.0. The van der Waals surface area contributed by atoms with Crippen molar-refractivity contribution in [1.82, 2.24) is 0 Å². The fourth-order valence-electron chi connectivity index (χ4n) is 2.20. The number of esters is 1. The molecule has 0 N–H and O–H groups in total. The van der Waals surface area contributed by atoms with Crippen molar-refractivity contribution in [2.45, 2.75) is 20.8 Å². The Morgan fingerprint density at radius 1 is 1.12 bits per heavy atom. The van der Waals surface area contributed by atoms with Gasteiger partial charge in [0.1, 0.15) is 6.07 Å². The molecule has 24 heavy (non-hydrogen) atoms. The second kappa shape index (κ2) is 7.04. The normalized spacial score (nSPS) is 10.2. The molecule has 2 aromatic rings. The van der Waals surface area contributed by atoms with Gasteiger partial charge < -0.3 is 4.74 Å². The largest absolute Gasteiger partial charge is 0.421 e. The number of benzene rings is 2. The number of aryl methyl sites for hydroxylation is 1. The first-order chi connectivity index (χ1) is 11.3. The molecular weight excluding hydrogens is 349 g/mol. The molecule has 0 amide bonds. The second-order valence-electron chi connectivity index (χ2n) is 5.25. The summed E-state index contributed by atoms with van der Waals surface area (Å²) < 4.78 is 5.36. The van der Waals surface area contributed by atoms with Crippen LogP contribution < -0.4 is 4.74 Å². The van der Waals surface area contributed by atoms with Crippen LogP contribution in [0, 0.1) is 25.2 Å². The highest BCUT2D eigenvalue weighted by Gasteiger charge is 2.22. The van der Waals surface area contributed by atoms with E-state index in [-0.39, 0.29) is 33.2 Å². The van der Waals surface area contributed by atoms with Crippen molar-refractivity contribution in [1.29, 1.82) is 5.26 Å². The predicted molar refractivity (Wildman–Crippen MR) is 92.1 cm³/mol. The molecule has 0 aliphatic heterocycles. The first-order valence-corrected chi connectivity index (χ1v) is 7.74. The van der Waals surface area contributed by atoms with Crippen molar-refractivity contribution in [3.05, 3.63) is 62.1 Å². The summed E-state index contributed by atoms with van der Waals surface area (Å²) in [5, 5.41) is 9.91. The summed E-state index contributed by atoms with van der Waals surface area (Å²) in [6, 6.07) is 7.94. The molecule has 0 spiro atoms. The molecule has 0 fully saturated rings. The van der Waals surface area contributed by atoms with Crippen molar-refractivity contribution in [2.75, 3.05) is 0 Å². The van der Waals surface area contributed by atoms with Gasteiger partial charge in [0.05, 0.1) is 21.7 Å². The molecular formula is C18H13Cl2NO3. The zero-order valence-electron chi connectivity index (χ0n) is 13.2. The van der Waals surface area contributed by atoms with Crippen LogP contribution in [-0.2, 0) is 0 Å². The maximum absolute atomic E-state index is 12.4. The van der Waals surface area contributed by atoms with E-state index >= 15 is 0 Å². The van der Waals surface area contributed by atoms with E-state index in [0.717, 1.165) is 5.56 Å². The predicted octanol–water partition coefficient (Wildman–Crippen LogP) is 4.90. The first-order valence-electron chi connectivity index (χ1n) is 6.98. The van der Waals surface area contributed by atoms with E-state index in [1.54, 1.807) is 19.9 Å². The zero-order valence-corrected chi connectivity index (χ0v) is 14.7. The van der Waals surface area contributed by atoms with Gasteiger partial charge in [0, 0.05) is 5.02 Å². The minimum atomic E-state index is -0.765.